The quantitative estimate of drug-likeness (QED) is 0.885. The Bertz CT molecular complexity index is 602. The number of fused-ring (bicyclic) bond motifs is 1. The van der Waals surface area contributed by atoms with Gasteiger partial charge in [-0.25, -0.2) is 0 Å². The Kier molecular flexibility index (Phi) is 4.13. The number of carboxylic acids is 1. The van der Waals surface area contributed by atoms with Crippen LogP contribution in [0.25, 0.3) is 10.8 Å². The summed E-state index contributed by atoms with van der Waals surface area (Å²) in [4.78, 5) is 22.0. The first kappa shape index (κ1) is 13.1. The first-order chi connectivity index (χ1) is 9.16. The van der Waals surface area contributed by atoms with Gasteiger partial charge in [0.25, 0.3) is 0 Å². The predicted octanol–water partition coefficient (Wildman–Crippen LogP) is 1.70. The third-order valence-corrected chi connectivity index (χ3v) is 2.85. The van der Waals surface area contributed by atoms with Crippen LogP contribution in [0.1, 0.15) is 19.3 Å². The topological polar surface area (TPSA) is 69.2 Å². The zero-order valence-electron chi connectivity index (χ0n) is 10.4. The van der Waals surface area contributed by atoms with Crippen LogP contribution in [0.5, 0.6) is 0 Å². The molecule has 2 aromatic carbocycles. The van der Waals surface area contributed by atoms with Gasteiger partial charge in [-0.15, -0.1) is 0 Å². The van der Waals surface area contributed by atoms with E-state index in [0.29, 0.717) is 6.42 Å². The van der Waals surface area contributed by atoms with Crippen molar-refractivity contribution in [3.8, 4) is 0 Å². The van der Waals surface area contributed by atoms with Gasteiger partial charge in [0, 0.05) is 23.5 Å². The van der Waals surface area contributed by atoms with E-state index in [2.05, 4.69) is 5.32 Å². The van der Waals surface area contributed by atoms with Gasteiger partial charge in [-0.2, -0.15) is 0 Å². The van der Waals surface area contributed by atoms with E-state index in [-0.39, 0.29) is 18.7 Å². The molecule has 0 bridgehead atoms. The monoisotopic (exact) mass is 256 g/mol. The molecule has 19 heavy (non-hydrogen) atoms. The van der Waals surface area contributed by atoms with Gasteiger partial charge in [0.2, 0.25) is 5.91 Å². The van der Waals surface area contributed by atoms with Crippen LogP contribution in [-0.2, 0) is 9.59 Å². The number of carbonyl (C=O) groups excluding carboxylic acids is 2. The van der Waals surface area contributed by atoms with Gasteiger partial charge in [-0.05, 0) is 24.3 Å². The van der Waals surface area contributed by atoms with Gasteiger partial charge in [0.1, 0.15) is 0 Å². The summed E-state index contributed by atoms with van der Waals surface area (Å²) in [5.41, 5.74) is 0.747. The zero-order valence-corrected chi connectivity index (χ0v) is 10.4. The van der Waals surface area contributed by atoms with Crippen LogP contribution < -0.4 is 10.4 Å². The molecular weight excluding hydrogens is 242 g/mol. The number of hydrogen-bond acceptors (Lipinski definition) is 3. The fourth-order valence-electron chi connectivity index (χ4n) is 1.94. The first-order valence-corrected chi connectivity index (χ1v) is 6.14. The Balaban J connectivity index is 2.05. The molecule has 0 heterocycles. The number of anilines is 1. The second-order valence-electron chi connectivity index (χ2n) is 4.30. The minimum absolute atomic E-state index is 0.0943. The smallest absolute Gasteiger partial charge is 0.224 e. The lowest BCUT2D eigenvalue weighted by Gasteiger charge is -2.08. The van der Waals surface area contributed by atoms with E-state index in [9.17, 15) is 14.7 Å². The Labute approximate surface area is 111 Å². The number of rotatable bonds is 5. The number of carboxylic acid groups (broad SMARTS) is 1. The molecule has 1 N–H and O–H groups in total. The van der Waals surface area contributed by atoms with Crippen LogP contribution >= 0.6 is 0 Å². The van der Waals surface area contributed by atoms with E-state index < -0.39 is 5.97 Å². The van der Waals surface area contributed by atoms with Gasteiger partial charge in [0.05, 0.1) is 0 Å². The van der Waals surface area contributed by atoms with Crippen molar-refractivity contribution in [1.29, 1.82) is 0 Å². The van der Waals surface area contributed by atoms with Crippen molar-refractivity contribution < 1.29 is 14.7 Å². The molecule has 0 saturated heterocycles. The molecule has 2 rings (SSSR count). The maximum atomic E-state index is 11.7. The molecular formula is C15H14NO3-. The summed E-state index contributed by atoms with van der Waals surface area (Å²) in [5, 5.41) is 15.1. The van der Waals surface area contributed by atoms with Crippen molar-refractivity contribution >= 4 is 28.3 Å². The summed E-state index contributed by atoms with van der Waals surface area (Å²) >= 11 is 0. The third-order valence-electron chi connectivity index (χ3n) is 2.85. The van der Waals surface area contributed by atoms with Crippen LogP contribution in [0.3, 0.4) is 0 Å². The van der Waals surface area contributed by atoms with Gasteiger partial charge in [-0.1, -0.05) is 36.4 Å². The Hall–Kier alpha value is -2.36. The summed E-state index contributed by atoms with van der Waals surface area (Å²) < 4.78 is 0. The molecule has 2 aromatic rings. The number of carbonyl (C=O) groups is 2. The molecule has 0 spiro atoms. The van der Waals surface area contributed by atoms with E-state index in [1.165, 1.54) is 0 Å². The summed E-state index contributed by atoms with van der Waals surface area (Å²) in [6, 6.07) is 13.4. The SMILES string of the molecule is O=C([O-])CCCC(=O)Nc1cccc2ccccc12. The fraction of sp³-hybridized carbons (Fsp3) is 0.200. The minimum Gasteiger partial charge on any atom is -0.550 e. The molecule has 4 heteroatoms. The van der Waals surface area contributed by atoms with Crippen molar-refractivity contribution in [3.63, 3.8) is 0 Å². The highest BCUT2D eigenvalue weighted by Crippen LogP contribution is 2.23. The van der Waals surface area contributed by atoms with E-state index >= 15 is 0 Å². The third kappa shape index (κ3) is 3.55. The highest BCUT2D eigenvalue weighted by molar-refractivity contribution is 6.02. The summed E-state index contributed by atoms with van der Waals surface area (Å²) in [7, 11) is 0. The fourth-order valence-corrected chi connectivity index (χ4v) is 1.94. The molecule has 0 fully saturated rings. The highest BCUT2D eigenvalue weighted by Gasteiger charge is 2.05. The second kappa shape index (κ2) is 6.00. The summed E-state index contributed by atoms with van der Waals surface area (Å²) in [6.45, 7) is 0. The second-order valence-corrected chi connectivity index (χ2v) is 4.30. The van der Waals surface area contributed by atoms with E-state index in [1.807, 2.05) is 42.5 Å². The van der Waals surface area contributed by atoms with Gasteiger partial charge in [-0.3, -0.25) is 4.79 Å². The van der Waals surface area contributed by atoms with Crippen LogP contribution in [0.2, 0.25) is 0 Å². The van der Waals surface area contributed by atoms with Crippen LogP contribution in [0.4, 0.5) is 5.69 Å². The average molecular weight is 256 g/mol. The van der Waals surface area contributed by atoms with Crippen molar-refractivity contribution in [3.05, 3.63) is 42.5 Å². The molecule has 0 aliphatic heterocycles. The van der Waals surface area contributed by atoms with Crippen molar-refractivity contribution in [2.45, 2.75) is 19.3 Å². The lowest BCUT2D eigenvalue weighted by molar-refractivity contribution is -0.305. The zero-order chi connectivity index (χ0) is 13.7. The van der Waals surface area contributed by atoms with Crippen LogP contribution in [0.15, 0.2) is 42.5 Å². The molecule has 0 aliphatic rings. The Morgan fingerprint density at radius 2 is 1.74 bits per heavy atom. The van der Waals surface area contributed by atoms with Crippen molar-refractivity contribution in [2.24, 2.45) is 0 Å². The normalized spacial score (nSPS) is 10.3. The van der Waals surface area contributed by atoms with E-state index in [1.54, 1.807) is 0 Å². The highest BCUT2D eigenvalue weighted by atomic mass is 16.4. The number of amides is 1. The average Bonchev–Trinajstić information content (AvgIpc) is 2.39. The largest absolute Gasteiger partial charge is 0.550 e. The lowest BCUT2D eigenvalue weighted by atomic mass is 10.1. The molecule has 0 unspecified atom stereocenters. The standard InChI is InChI=1S/C15H15NO3/c17-14(9-4-10-15(18)19)16-13-8-3-6-11-5-1-2-7-12(11)13/h1-3,5-8H,4,9-10H2,(H,16,17)(H,18,19)/p-1. The van der Waals surface area contributed by atoms with E-state index in [0.717, 1.165) is 16.5 Å². The van der Waals surface area contributed by atoms with Gasteiger partial charge in [0.15, 0.2) is 0 Å². The van der Waals surface area contributed by atoms with Crippen LogP contribution in [-0.4, -0.2) is 11.9 Å². The first-order valence-electron chi connectivity index (χ1n) is 6.14. The maximum Gasteiger partial charge on any atom is 0.224 e. The van der Waals surface area contributed by atoms with Crippen LogP contribution in [0, 0.1) is 0 Å². The predicted molar refractivity (Wildman–Crippen MR) is 71.4 cm³/mol. The molecule has 0 aliphatic carbocycles. The van der Waals surface area contributed by atoms with E-state index in [4.69, 9.17) is 0 Å². The number of benzene rings is 2. The summed E-state index contributed by atoms with van der Waals surface area (Å²) in [6.07, 6.45) is 0.374. The molecule has 0 radical (unpaired) electrons. The molecule has 98 valence electrons. The van der Waals surface area contributed by atoms with Crippen molar-refractivity contribution in [1.82, 2.24) is 0 Å². The Morgan fingerprint density at radius 1 is 1.00 bits per heavy atom. The molecule has 0 aromatic heterocycles. The van der Waals surface area contributed by atoms with Crippen molar-refractivity contribution in [2.75, 3.05) is 5.32 Å². The minimum atomic E-state index is -1.13. The molecule has 0 atom stereocenters. The Morgan fingerprint density at radius 3 is 2.53 bits per heavy atom. The number of hydrogen-bond donors (Lipinski definition) is 1. The number of aliphatic carboxylic acids is 1. The number of nitrogens with one attached hydrogen (secondary N) is 1. The molecule has 0 saturated carbocycles. The van der Waals surface area contributed by atoms with Gasteiger partial charge >= 0.3 is 0 Å². The van der Waals surface area contributed by atoms with Gasteiger partial charge < -0.3 is 15.2 Å². The molecule has 4 nitrogen and oxygen atoms in total. The lowest BCUT2D eigenvalue weighted by Crippen LogP contribution is -2.22. The summed E-state index contributed by atoms with van der Waals surface area (Å²) in [5.74, 6) is -1.31. The molecule has 1 amide bonds. The maximum absolute atomic E-state index is 11.7.